The molecule has 3 rings (SSSR count). The van der Waals surface area contributed by atoms with E-state index in [1.54, 1.807) is 43.3 Å². The van der Waals surface area contributed by atoms with Crippen LogP contribution in [0, 0.1) is 6.92 Å². The Morgan fingerprint density at radius 3 is 2.35 bits per heavy atom. The fourth-order valence-electron chi connectivity index (χ4n) is 3.22. The van der Waals surface area contributed by atoms with Gasteiger partial charge in [-0.05, 0) is 36.2 Å². The van der Waals surface area contributed by atoms with Gasteiger partial charge in [0.25, 0.3) is 0 Å². The summed E-state index contributed by atoms with van der Waals surface area (Å²) in [6.07, 6.45) is -9.31. The van der Waals surface area contributed by atoms with Gasteiger partial charge in [0.1, 0.15) is 18.3 Å². The molecule has 1 aliphatic heterocycles. The fraction of sp³-hybridized carbons (Fsp3) is 0.333. The highest BCUT2D eigenvalue weighted by molar-refractivity contribution is 5.96. The van der Waals surface area contributed by atoms with Crippen LogP contribution in [-0.4, -0.2) is 68.2 Å². The normalized spacial score (nSPS) is 25.6. The van der Waals surface area contributed by atoms with Gasteiger partial charge < -0.3 is 40.3 Å². The zero-order chi connectivity index (χ0) is 22.7. The van der Waals surface area contributed by atoms with Gasteiger partial charge in [0.15, 0.2) is 6.10 Å². The predicted octanol–water partition coefficient (Wildman–Crippen LogP) is 0.280. The number of hydrogen-bond donors (Lipinski definition) is 6. The van der Waals surface area contributed by atoms with Gasteiger partial charge in [0.2, 0.25) is 6.29 Å². The van der Waals surface area contributed by atoms with Crippen molar-refractivity contribution in [2.75, 3.05) is 5.32 Å². The number of aliphatic hydroxyl groups is 4. The number of rotatable bonds is 6. The third-order valence-electron chi connectivity index (χ3n) is 5.07. The van der Waals surface area contributed by atoms with Gasteiger partial charge >= 0.3 is 11.9 Å². The fourth-order valence-corrected chi connectivity index (χ4v) is 3.22. The van der Waals surface area contributed by atoms with Crippen molar-refractivity contribution in [2.45, 2.75) is 44.2 Å². The van der Waals surface area contributed by atoms with E-state index in [0.717, 1.165) is 5.56 Å². The van der Waals surface area contributed by atoms with E-state index in [1.807, 2.05) is 0 Å². The van der Waals surface area contributed by atoms with Crippen molar-refractivity contribution in [3.05, 3.63) is 59.2 Å². The second kappa shape index (κ2) is 9.41. The molecular weight excluding hydrogens is 410 g/mol. The van der Waals surface area contributed by atoms with Crippen LogP contribution in [0.25, 0.3) is 0 Å². The molecule has 10 nitrogen and oxygen atoms in total. The largest absolute Gasteiger partial charge is 0.479 e. The lowest BCUT2D eigenvalue weighted by molar-refractivity contribution is -0.278. The Hall–Kier alpha value is -3.02. The first-order valence-electron chi connectivity index (χ1n) is 9.43. The van der Waals surface area contributed by atoms with Gasteiger partial charge in [0, 0.05) is 5.69 Å². The summed E-state index contributed by atoms with van der Waals surface area (Å²) in [5.41, 5.74) is 2.54. The zero-order valence-electron chi connectivity index (χ0n) is 16.5. The second-order valence-corrected chi connectivity index (χ2v) is 7.06. The summed E-state index contributed by atoms with van der Waals surface area (Å²) >= 11 is 0. The highest BCUT2D eigenvalue weighted by Gasteiger charge is 2.48. The molecule has 2 aromatic rings. The number of ether oxygens (including phenoxy) is 2. The van der Waals surface area contributed by atoms with Gasteiger partial charge in [-0.1, -0.05) is 24.3 Å². The van der Waals surface area contributed by atoms with Crippen LogP contribution in [0.1, 0.15) is 21.5 Å². The molecule has 0 aromatic heterocycles. The van der Waals surface area contributed by atoms with E-state index in [1.165, 1.54) is 6.07 Å². The van der Waals surface area contributed by atoms with E-state index < -0.39 is 42.6 Å². The number of aliphatic hydroxyl groups excluding tert-OH is 4. The Morgan fingerprint density at radius 2 is 1.68 bits per heavy atom. The molecule has 1 fully saturated rings. The number of carboxylic acid groups (broad SMARTS) is 1. The Kier molecular flexibility index (Phi) is 6.88. The molecule has 166 valence electrons. The third-order valence-corrected chi connectivity index (χ3v) is 5.07. The number of carbonyl (C=O) groups excluding carboxylic acids is 1. The monoisotopic (exact) mass is 433 g/mol. The third kappa shape index (κ3) is 4.68. The molecule has 0 radical (unpaired) electrons. The first-order valence-corrected chi connectivity index (χ1v) is 9.43. The number of benzene rings is 2. The summed E-state index contributed by atoms with van der Waals surface area (Å²) in [5.74, 6) is -2.53. The summed E-state index contributed by atoms with van der Waals surface area (Å²) in [7, 11) is 0. The van der Waals surface area contributed by atoms with Crippen LogP contribution in [0.5, 0.6) is 0 Å². The number of carbonyl (C=O) groups is 2. The van der Waals surface area contributed by atoms with E-state index in [9.17, 15) is 30.0 Å². The maximum absolute atomic E-state index is 12.8. The van der Waals surface area contributed by atoms with Crippen molar-refractivity contribution in [1.82, 2.24) is 0 Å². The number of anilines is 2. The molecular formula is C21H23NO9. The van der Waals surface area contributed by atoms with E-state index in [2.05, 4.69) is 5.32 Å². The predicted molar refractivity (Wildman–Crippen MR) is 107 cm³/mol. The summed E-state index contributed by atoms with van der Waals surface area (Å²) in [6.45, 7) is 1.65. The molecule has 31 heavy (non-hydrogen) atoms. The van der Waals surface area contributed by atoms with E-state index in [0.29, 0.717) is 16.9 Å². The molecule has 5 unspecified atom stereocenters. The Balaban J connectivity index is 1.83. The molecule has 1 saturated heterocycles. The lowest BCUT2D eigenvalue weighted by atomic mass is 9.99. The molecule has 0 saturated carbocycles. The van der Waals surface area contributed by atoms with E-state index in [4.69, 9.17) is 14.6 Å². The SMILES string of the molecule is Cc1c(CO)cccc1Nc1ccccc1C(=O)OC1OC(C(=O)O)C(O)C(O)C1O. The van der Waals surface area contributed by atoms with Gasteiger partial charge in [-0.15, -0.1) is 0 Å². The molecule has 0 aliphatic carbocycles. The lowest BCUT2D eigenvalue weighted by Gasteiger charge is -2.38. The number of aliphatic carboxylic acids is 1. The van der Waals surface area contributed by atoms with Crippen LogP contribution in [-0.2, 0) is 20.9 Å². The lowest BCUT2D eigenvalue weighted by Crippen LogP contribution is -2.60. The molecule has 0 amide bonds. The van der Waals surface area contributed by atoms with E-state index >= 15 is 0 Å². The van der Waals surface area contributed by atoms with Crippen molar-refractivity contribution in [1.29, 1.82) is 0 Å². The van der Waals surface area contributed by atoms with Crippen molar-refractivity contribution in [3.8, 4) is 0 Å². The minimum Gasteiger partial charge on any atom is -0.479 e. The molecule has 2 aromatic carbocycles. The maximum atomic E-state index is 12.8. The molecule has 0 spiro atoms. The Morgan fingerprint density at radius 1 is 1.00 bits per heavy atom. The maximum Gasteiger partial charge on any atom is 0.342 e. The molecule has 0 bridgehead atoms. The van der Waals surface area contributed by atoms with Crippen molar-refractivity contribution in [3.63, 3.8) is 0 Å². The molecule has 5 atom stereocenters. The standard InChI is InChI=1S/C21H23NO9/c1-10-11(9-23)5-4-8-13(10)22-14-7-3-2-6-12(14)20(29)31-21-17(26)15(24)16(25)18(30-21)19(27)28/h2-8,15-18,21-26H,9H2,1H3,(H,27,28). The summed E-state index contributed by atoms with van der Waals surface area (Å²) in [4.78, 5) is 24.0. The average Bonchev–Trinajstić information content (AvgIpc) is 2.75. The highest BCUT2D eigenvalue weighted by Crippen LogP contribution is 2.28. The molecule has 10 heteroatoms. The van der Waals surface area contributed by atoms with Gasteiger partial charge in [0.05, 0.1) is 17.9 Å². The van der Waals surface area contributed by atoms with Gasteiger partial charge in [-0.25, -0.2) is 9.59 Å². The van der Waals surface area contributed by atoms with Crippen LogP contribution in [0.3, 0.4) is 0 Å². The van der Waals surface area contributed by atoms with Gasteiger partial charge in [-0.2, -0.15) is 0 Å². The van der Waals surface area contributed by atoms with Crippen molar-refractivity contribution < 1.29 is 44.6 Å². The van der Waals surface area contributed by atoms with Crippen LogP contribution < -0.4 is 5.32 Å². The first-order chi connectivity index (χ1) is 14.7. The number of carboxylic acids is 1. The van der Waals surface area contributed by atoms with Crippen LogP contribution in [0.2, 0.25) is 0 Å². The minimum atomic E-state index is -1.89. The number of nitrogens with one attached hydrogen (secondary N) is 1. The van der Waals surface area contributed by atoms with E-state index in [-0.39, 0.29) is 12.2 Å². The zero-order valence-corrected chi connectivity index (χ0v) is 16.5. The second-order valence-electron chi connectivity index (χ2n) is 7.06. The number of esters is 1. The summed E-state index contributed by atoms with van der Waals surface area (Å²) in [5, 5.41) is 51.3. The molecule has 6 N–H and O–H groups in total. The molecule has 1 heterocycles. The van der Waals surface area contributed by atoms with Gasteiger partial charge in [-0.3, -0.25) is 0 Å². The quantitative estimate of drug-likeness (QED) is 0.348. The van der Waals surface area contributed by atoms with Crippen LogP contribution in [0.15, 0.2) is 42.5 Å². The van der Waals surface area contributed by atoms with Crippen LogP contribution >= 0.6 is 0 Å². The van der Waals surface area contributed by atoms with Crippen molar-refractivity contribution >= 4 is 23.3 Å². The minimum absolute atomic E-state index is 0.0552. The average molecular weight is 433 g/mol. The summed E-state index contributed by atoms with van der Waals surface area (Å²) < 4.78 is 10.1. The smallest absolute Gasteiger partial charge is 0.342 e. The first kappa shape index (κ1) is 22.7. The molecule has 1 aliphatic rings. The Bertz CT molecular complexity index is 964. The topological polar surface area (TPSA) is 166 Å². The summed E-state index contributed by atoms with van der Waals surface area (Å²) in [6, 6.07) is 11.6. The Labute approximate surface area is 177 Å². The van der Waals surface area contributed by atoms with Crippen LogP contribution in [0.4, 0.5) is 11.4 Å². The number of para-hydroxylation sites is 1. The highest BCUT2D eigenvalue weighted by atomic mass is 16.7. The number of hydrogen-bond acceptors (Lipinski definition) is 9. The van der Waals surface area contributed by atoms with Crippen molar-refractivity contribution in [2.24, 2.45) is 0 Å².